The van der Waals surface area contributed by atoms with Gasteiger partial charge in [-0.15, -0.1) is 0 Å². The Kier molecular flexibility index (Phi) is 7.81. The molecule has 2 heterocycles. The summed E-state index contributed by atoms with van der Waals surface area (Å²) in [5.41, 5.74) is 3.89. The van der Waals surface area contributed by atoms with Gasteiger partial charge < -0.3 is 5.32 Å². The summed E-state index contributed by atoms with van der Waals surface area (Å²) in [7, 11) is -3.34. The zero-order valence-electron chi connectivity index (χ0n) is 19.5. The van der Waals surface area contributed by atoms with Crippen LogP contribution in [0.25, 0.3) is 16.5 Å². The van der Waals surface area contributed by atoms with E-state index in [1.807, 2.05) is 32.9 Å². The minimum Gasteiger partial charge on any atom is -0.310 e. The van der Waals surface area contributed by atoms with Crippen LogP contribution in [0.5, 0.6) is 0 Å². The zero-order valence-corrected chi connectivity index (χ0v) is 20.3. The molecule has 1 saturated carbocycles. The van der Waals surface area contributed by atoms with E-state index >= 15 is 0 Å². The smallest absolute Gasteiger partial charge is 0.228 e. The number of sulfonamides is 1. The number of hydrogen-bond acceptors (Lipinski definition) is 5. The second-order valence-electron chi connectivity index (χ2n) is 8.53. The highest BCUT2D eigenvalue weighted by Gasteiger charge is 2.29. The Balaban J connectivity index is 1.74. The number of allylic oxidation sites excluding steroid dienone is 2. The summed E-state index contributed by atoms with van der Waals surface area (Å²) in [5.74, 6) is 0.715. The topological polar surface area (TPSA) is 101 Å². The number of pyridine rings is 2. The Morgan fingerprint density at radius 1 is 1.21 bits per heavy atom. The molecule has 1 aliphatic carbocycles. The summed E-state index contributed by atoms with van der Waals surface area (Å²) in [6, 6.07) is 3.35. The van der Waals surface area contributed by atoms with Crippen LogP contribution in [0.15, 0.2) is 54.9 Å². The molecule has 2 aromatic rings. The number of rotatable bonds is 11. The first-order valence-electron chi connectivity index (χ1n) is 11.3. The fourth-order valence-electron chi connectivity index (χ4n) is 3.49. The van der Waals surface area contributed by atoms with E-state index in [0.717, 1.165) is 40.5 Å². The Hall–Kier alpha value is -2.84. The maximum absolute atomic E-state index is 12.2. The third-order valence-electron chi connectivity index (χ3n) is 5.64. The van der Waals surface area contributed by atoms with E-state index in [4.69, 9.17) is 0 Å². The van der Waals surface area contributed by atoms with E-state index < -0.39 is 10.0 Å². The summed E-state index contributed by atoms with van der Waals surface area (Å²) in [4.78, 5) is 20.8. The number of aromatic nitrogens is 2. The van der Waals surface area contributed by atoms with E-state index in [0.29, 0.717) is 24.2 Å². The highest BCUT2D eigenvalue weighted by Crippen LogP contribution is 2.30. The average Bonchev–Trinajstić information content (AvgIpc) is 3.62. The molecule has 1 atom stereocenters. The second kappa shape index (κ2) is 10.4. The van der Waals surface area contributed by atoms with Crippen LogP contribution in [0.3, 0.4) is 0 Å². The minimum atomic E-state index is -3.34. The molecule has 2 N–H and O–H groups in total. The van der Waals surface area contributed by atoms with Crippen LogP contribution in [-0.2, 0) is 14.8 Å². The lowest BCUT2D eigenvalue weighted by Gasteiger charge is -2.18. The lowest BCUT2D eigenvalue weighted by Crippen LogP contribution is -2.36. The Morgan fingerprint density at radius 2 is 1.94 bits per heavy atom. The first kappa shape index (κ1) is 24.8. The van der Waals surface area contributed by atoms with Crippen LogP contribution < -0.4 is 10.0 Å². The van der Waals surface area contributed by atoms with Gasteiger partial charge in [-0.1, -0.05) is 33.1 Å². The normalized spacial score (nSPS) is 15.3. The van der Waals surface area contributed by atoms with Crippen LogP contribution in [-0.4, -0.2) is 36.1 Å². The standard InChI is InChI=1S/C25H32N4O3S/c1-6-10-33(31,32)29-22(7-2)17(4)11-16(3)18(5)20-12-21-15-27-24(13-23(21)26-14-20)28-25(30)19-8-9-19/h11-15,19,22,29H,4-10H2,1-3H3,(H,27,28,30)/b16-11-. The number of fused-ring (bicyclic) bond motifs is 1. The summed E-state index contributed by atoms with van der Waals surface area (Å²) in [6.45, 7) is 13.9. The van der Waals surface area contributed by atoms with Gasteiger partial charge in [0.05, 0.1) is 11.3 Å². The molecule has 1 unspecified atom stereocenters. The van der Waals surface area contributed by atoms with E-state index in [1.54, 1.807) is 18.5 Å². The van der Waals surface area contributed by atoms with Crippen molar-refractivity contribution in [2.45, 2.75) is 52.5 Å². The average molecular weight is 469 g/mol. The maximum Gasteiger partial charge on any atom is 0.228 e. The number of carbonyl (C=O) groups is 1. The van der Waals surface area contributed by atoms with Gasteiger partial charge in [0, 0.05) is 41.4 Å². The lowest BCUT2D eigenvalue weighted by molar-refractivity contribution is -0.117. The van der Waals surface area contributed by atoms with Crippen molar-refractivity contribution in [2.75, 3.05) is 11.1 Å². The molecular weight excluding hydrogens is 436 g/mol. The minimum absolute atomic E-state index is 0.00945. The molecule has 33 heavy (non-hydrogen) atoms. The van der Waals surface area contributed by atoms with Crippen LogP contribution in [0.2, 0.25) is 0 Å². The van der Waals surface area contributed by atoms with Gasteiger partial charge in [0.25, 0.3) is 0 Å². The molecule has 7 nitrogen and oxygen atoms in total. The SMILES string of the molecule is C=C(/C(C)=C\C(=C)C(CC)NS(=O)(=O)CCC)c1cnc2cc(NC(=O)C3CC3)ncc2c1. The highest BCUT2D eigenvalue weighted by atomic mass is 32.2. The number of nitrogens with one attached hydrogen (secondary N) is 2. The van der Waals surface area contributed by atoms with Crippen molar-refractivity contribution in [3.8, 4) is 0 Å². The van der Waals surface area contributed by atoms with Crippen molar-refractivity contribution in [2.24, 2.45) is 5.92 Å². The number of anilines is 1. The van der Waals surface area contributed by atoms with Crippen LogP contribution in [0.4, 0.5) is 5.82 Å². The highest BCUT2D eigenvalue weighted by molar-refractivity contribution is 7.89. The monoisotopic (exact) mass is 468 g/mol. The molecule has 1 aliphatic rings. The van der Waals surface area contributed by atoms with Crippen molar-refractivity contribution in [1.29, 1.82) is 0 Å². The third-order valence-corrected chi connectivity index (χ3v) is 7.23. The summed E-state index contributed by atoms with van der Waals surface area (Å²) in [5, 5.41) is 3.67. The van der Waals surface area contributed by atoms with Gasteiger partial charge in [-0.2, -0.15) is 0 Å². The largest absolute Gasteiger partial charge is 0.310 e. The molecule has 0 saturated heterocycles. The summed E-state index contributed by atoms with van der Waals surface area (Å²) >= 11 is 0. The first-order chi connectivity index (χ1) is 15.6. The van der Waals surface area contributed by atoms with Gasteiger partial charge in [-0.05, 0) is 55.4 Å². The van der Waals surface area contributed by atoms with Gasteiger partial charge >= 0.3 is 0 Å². The number of amides is 1. The summed E-state index contributed by atoms with van der Waals surface area (Å²) < 4.78 is 27.1. The van der Waals surface area contributed by atoms with Crippen molar-refractivity contribution in [1.82, 2.24) is 14.7 Å². The molecule has 8 heteroatoms. The molecule has 1 amide bonds. The molecule has 3 rings (SSSR count). The molecule has 0 aromatic carbocycles. The Labute approximate surface area is 196 Å². The Bertz CT molecular complexity index is 1210. The molecular formula is C25H32N4O3S. The molecule has 0 bridgehead atoms. The quantitative estimate of drug-likeness (QED) is 0.469. The number of carbonyl (C=O) groups excluding carboxylic acids is 1. The molecule has 176 valence electrons. The fourth-order valence-corrected chi connectivity index (χ4v) is 4.90. The van der Waals surface area contributed by atoms with E-state index in [9.17, 15) is 13.2 Å². The summed E-state index contributed by atoms with van der Waals surface area (Å²) in [6.07, 6.45) is 8.32. The molecule has 1 fully saturated rings. The van der Waals surface area contributed by atoms with Gasteiger partial charge in [-0.25, -0.2) is 18.1 Å². The van der Waals surface area contributed by atoms with Gasteiger partial charge in [0.2, 0.25) is 15.9 Å². The number of hydrogen-bond donors (Lipinski definition) is 2. The predicted molar refractivity (Wildman–Crippen MR) is 134 cm³/mol. The number of nitrogens with zero attached hydrogens (tertiary/aromatic N) is 2. The molecule has 0 aliphatic heterocycles. The van der Waals surface area contributed by atoms with Crippen molar-refractivity contribution in [3.05, 3.63) is 60.5 Å². The first-order valence-corrected chi connectivity index (χ1v) is 12.9. The van der Waals surface area contributed by atoms with Crippen molar-refractivity contribution >= 4 is 38.2 Å². The van der Waals surface area contributed by atoms with Gasteiger partial charge in [0.15, 0.2) is 0 Å². The van der Waals surface area contributed by atoms with Crippen molar-refractivity contribution in [3.63, 3.8) is 0 Å². The maximum atomic E-state index is 12.2. The van der Waals surface area contributed by atoms with Gasteiger partial charge in [0.1, 0.15) is 5.82 Å². The second-order valence-corrected chi connectivity index (χ2v) is 10.4. The predicted octanol–water partition coefficient (Wildman–Crippen LogP) is 4.60. The van der Waals surface area contributed by atoms with E-state index in [-0.39, 0.29) is 23.6 Å². The van der Waals surface area contributed by atoms with Crippen molar-refractivity contribution < 1.29 is 13.2 Å². The van der Waals surface area contributed by atoms with E-state index in [2.05, 4.69) is 33.2 Å². The van der Waals surface area contributed by atoms with Crippen LogP contribution in [0, 0.1) is 5.92 Å². The van der Waals surface area contributed by atoms with Crippen LogP contribution in [0.1, 0.15) is 52.0 Å². The third kappa shape index (κ3) is 6.58. The zero-order chi connectivity index (χ0) is 24.2. The van der Waals surface area contributed by atoms with Crippen LogP contribution >= 0.6 is 0 Å². The van der Waals surface area contributed by atoms with Gasteiger partial charge in [-0.3, -0.25) is 9.78 Å². The Morgan fingerprint density at radius 3 is 2.58 bits per heavy atom. The lowest BCUT2D eigenvalue weighted by atomic mass is 9.97. The molecule has 0 spiro atoms. The molecule has 2 aromatic heterocycles. The van der Waals surface area contributed by atoms with E-state index in [1.165, 1.54) is 0 Å². The fraction of sp³-hybridized carbons (Fsp3) is 0.400. The molecule has 0 radical (unpaired) electrons.